The van der Waals surface area contributed by atoms with Gasteiger partial charge in [-0.25, -0.2) is 19.2 Å². The van der Waals surface area contributed by atoms with Crippen molar-refractivity contribution in [3.63, 3.8) is 0 Å². The lowest BCUT2D eigenvalue weighted by Crippen LogP contribution is -2.10. The van der Waals surface area contributed by atoms with E-state index in [-0.39, 0.29) is 18.9 Å². The van der Waals surface area contributed by atoms with Gasteiger partial charge in [0.05, 0.1) is 41.6 Å². The van der Waals surface area contributed by atoms with Crippen LogP contribution in [0.2, 0.25) is 0 Å². The van der Waals surface area contributed by atoms with E-state index in [1.807, 2.05) is 4.57 Å². The molecule has 0 radical (unpaired) electrons. The standard InChI is InChI=1S/C32H27F4N3O4/c1-41-15-14-39-28-17-23(31(40)42-2)10-13-27(28)37-29(39)18-21-8-9-22(16-25(21)33)26-4-3-5-30(38-26)43-19-20-6-11-24(12-7-20)32(34,35)36/h3-13,16-17H,14-15,18-19H2,1-2H3. The molecule has 0 aliphatic carbocycles. The maximum Gasteiger partial charge on any atom is 0.416 e. The van der Waals surface area contributed by atoms with Gasteiger partial charge < -0.3 is 18.8 Å². The van der Waals surface area contributed by atoms with Gasteiger partial charge in [-0.2, -0.15) is 13.2 Å². The number of carbonyl (C=O) groups is 1. The number of carbonyl (C=O) groups excluding carboxylic acids is 1. The van der Waals surface area contributed by atoms with Crippen LogP contribution in [0, 0.1) is 5.82 Å². The fraction of sp³-hybridized carbons (Fsp3) is 0.219. The van der Waals surface area contributed by atoms with Crippen LogP contribution in [-0.2, 0) is 35.2 Å². The predicted octanol–water partition coefficient (Wildman–Crippen LogP) is 6.86. The molecule has 0 saturated heterocycles. The number of imidazole rings is 1. The first kappa shape index (κ1) is 29.7. The van der Waals surface area contributed by atoms with Crippen LogP contribution in [-0.4, -0.2) is 41.3 Å². The molecule has 222 valence electrons. The van der Waals surface area contributed by atoms with Crippen molar-refractivity contribution >= 4 is 17.0 Å². The second-order valence-electron chi connectivity index (χ2n) is 9.69. The van der Waals surface area contributed by atoms with Gasteiger partial charge in [0.2, 0.25) is 5.88 Å². The van der Waals surface area contributed by atoms with Crippen molar-refractivity contribution < 1.29 is 36.6 Å². The molecule has 0 fully saturated rings. The second-order valence-corrected chi connectivity index (χ2v) is 9.69. The maximum absolute atomic E-state index is 15.4. The Hall–Kier alpha value is -4.77. The molecule has 0 atom stereocenters. The number of pyridine rings is 1. The van der Waals surface area contributed by atoms with Crippen molar-refractivity contribution in [3.8, 4) is 17.1 Å². The number of methoxy groups -OCH3 is 2. The number of hydrogen-bond acceptors (Lipinski definition) is 6. The number of esters is 1. The fourth-order valence-electron chi connectivity index (χ4n) is 4.61. The molecule has 0 aliphatic rings. The van der Waals surface area contributed by atoms with Crippen LogP contribution in [0.5, 0.6) is 5.88 Å². The van der Waals surface area contributed by atoms with Crippen LogP contribution in [0.15, 0.2) is 78.9 Å². The van der Waals surface area contributed by atoms with Gasteiger partial charge in [0, 0.05) is 31.7 Å². The Kier molecular flexibility index (Phi) is 8.72. The number of aromatic nitrogens is 3. The van der Waals surface area contributed by atoms with Gasteiger partial charge in [-0.3, -0.25) is 0 Å². The normalized spacial score (nSPS) is 11.6. The lowest BCUT2D eigenvalue weighted by Gasteiger charge is -2.11. The van der Waals surface area contributed by atoms with E-state index in [1.54, 1.807) is 55.6 Å². The van der Waals surface area contributed by atoms with Crippen LogP contribution in [0.4, 0.5) is 17.6 Å². The monoisotopic (exact) mass is 593 g/mol. The second kappa shape index (κ2) is 12.6. The summed E-state index contributed by atoms with van der Waals surface area (Å²) >= 11 is 0. The summed E-state index contributed by atoms with van der Waals surface area (Å²) in [6, 6.07) is 19.6. The predicted molar refractivity (Wildman–Crippen MR) is 151 cm³/mol. The highest BCUT2D eigenvalue weighted by Crippen LogP contribution is 2.30. The van der Waals surface area contributed by atoms with Crippen LogP contribution in [0.1, 0.15) is 32.9 Å². The van der Waals surface area contributed by atoms with E-state index in [0.29, 0.717) is 58.0 Å². The molecule has 5 aromatic rings. The number of alkyl halides is 3. The third-order valence-corrected chi connectivity index (χ3v) is 6.86. The highest BCUT2D eigenvalue weighted by atomic mass is 19.4. The zero-order chi connectivity index (χ0) is 30.6. The molecule has 0 unspecified atom stereocenters. The molecule has 0 bridgehead atoms. The summed E-state index contributed by atoms with van der Waals surface area (Å²) < 4.78 is 71.5. The van der Waals surface area contributed by atoms with Crippen molar-refractivity contribution in [1.82, 2.24) is 14.5 Å². The minimum atomic E-state index is -4.41. The Morgan fingerprint density at radius 2 is 1.72 bits per heavy atom. The van der Waals surface area contributed by atoms with E-state index in [1.165, 1.54) is 25.3 Å². The molecule has 2 aromatic heterocycles. The molecular weight excluding hydrogens is 566 g/mol. The smallest absolute Gasteiger partial charge is 0.416 e. The third kappa shape index (κ3) is 6.83. The number of nitrogens with zero attached hydrogens (tertiary/aromatic N) is 3. The summed E-state index contributed by atoms with van der Waals surface area (Å²) in [6.07, 6.45) is -4.21. The molecule has 0 saturated carbocycles. The van der Waals surface area contributed by atoms with E-state index in [9.17, 15) is 18.0 Å². The zero-order valence-electron chi connectivity index (χ0n) is 23.3. The molecule has 11 heteroatoms. The molecule has 0 N–H and O–H groups in total. The first-order valence-corrected chi connectivity index (χ1v) is 13.3. The van der Waals surface area contributed by atoms with Crippen molar-refractivity contribution in [3.05, 3.63) is 113 Å². The lowest BCUT2D eigenvalue weighted by atomic mass is 10.1. The Labute approximate surface area is 244 Å². The van der Waals surface area contributed by atoms with E-state index >= 15 is 4.39 Å². The molecule has 7 nitrogen and oxygen atoms in total. The summed E-state index contributed by atoms with van der Waals surface area (Å²) in [4.78, 5) is 21.2. The van der Waals surface area contributed by atoms with Gasteiger partial charge >= 0.3 is 12.1 Å². The number of ether oxygens (including phenoxy) is 3. The van der Waals surface area contributed by atoms with Gasteiger partial charge in [0.25, 0.3) is 0 Å². The fourth-order valence-corrected chi connectivity index (χ4v) is 4.61. The highest BCUT2D eigenvalue weighted by Gasteiger charge is 2.30. The zero-order valence-corrected chi connectivity index (χ0v) is 23.3. The maximum atomic E-state index is 15.4. The first-order chi connectivity index (χ1) is 20.7. The van der Waals surface area contributed by atoms with Gasteiger partial charge in [-0.15, -0.1) is 0 Å². The summed E-state index contributed by atoms with van der Waals surface area (Å²) in [7, 11) is 2.90. The van der Waals surface area contributed by atoms with Crippen LogP contribution in [0.25, 0.3) is 22.3 Å². The third-order valence-electron chi connectivity index (χ3n) is 6.86. The molecule has 0 amide bonds. The van der Waals surface area contributed by atoms with Crippen LogP contribution >= 0.6 is 0 Å². The van der Waals surface area contributed by atoms with Crippen molar-refractivity contribution in [2.24, 2.45) is 0 Å². The average molecular weight is 594 g/mol. The molecular formula is C32H27F4N3O4. The van der Waals surface area contributed by atoms with Crippen LogP contribution < -0.4 is 4.74 Å². The largest absolute Gasteiger partial charge is 0.473 e. The van der Waals surface area contributed by atoms with Crippen molar-refractivity contribution in [1.29, 1.82) is 0 Å². The van der Waals surface area contributed by atoms with Crippen molar-refractivity contribution in [2.45, 2.75) is 25.7 Å². The van der Waals surface area contributed by atoms with Gasteiger partial charge in [-0.05, 0) is 53.6 Å². The van der Waals surface area contributed by atoms with Crippen LogP contribution in [0.3, 0.4) is 0 Å². The lowest BCUT2D eigenvalue weighted by molar-refractivity contribution is -0.137. The minimum Gasteiger partial charge on any atom is -0.473 e. The SMILES string of the molecule is COCCn1c(Cc2ccc(-c3cccc(OCc4ccc(C(F)(F)F)cc4)n3)cc2F)nc2ccc(C(=O)OC)cc21. The summed E-state index contributed by atoms with van der Waals surface area (Å²) in [6.45, 7) is 0.869. The topological polar surface area (TPSA) is 75.5 Å². The Bertz CT molecular complexity index is 1750. The molecule has 5 rings (SSSR count). The van der Waals surface area contributed by atoms with Gasteiger partial charge in [-0.1, -0.05) is 30.3 Å². The Morgan fingerprint density at radius 3 is 2.42 bits per heavy atom. The Balaban J connectivity index is 1.34. The quantitative estimate of drug-likeness (QED) is 0.130. The summed E-state index contributed by atoms with van der Waals surface area (Å²) in [5.74, 6) is -0.0548. The van der Waals surface area contributed by atoms with Gasteiger partial charge in [0.15, 0.2) is 0 Å². The number of halogens is 4. The van der Waals surface area contributed by atoms with Gasteiger partial charge in [0.1, 0.15) is 18.2 Å². The molecule has 0 aliphatic heterocycles. The molecule has 2 heterocycles. The number of fused-ring (bicyclic) bond motifs is 1. The number of rotatable bonds is 10. The van der Waals surface area contributed by atoms with E-state index in [2.05, 4.69) is 9.97 Å². The summed E-state index contributed by atoms with van der Waals surface area (Å²) in [5, 5.41) is 0. The number of hydrogen-bond donors (Lipinski definition) is 0. The summed E-state index contributed by atoms with van der Waals surface area (Å²) in [5.41, 5.74) is 2.98. The Morgan fingerprint density at radius 1 is 0.930 bits per heavy atom. The van der Waals surface area contributed by atoms with E-state index < -0.39 is 23.5 Å². The number of benzene rings is 3. The average Bonchev–Trinajstić information content (AvgIpc) is 3.35. The van der Waals surface area contributed by atoms with Crippen molar-refractivity contribution in [2.75, 3.05) is 20.8 Å². The molecule has 0 spiro atoms. The molecule has 43 heavy (non-hydrogen) atoms. The van der Waals surface area contributed by atoms with E-state index in [0.717, 1.165) is 12.1 Å². The van der Waals surface area contributed by atoms with E-state index in [4.69, 9.17) is 14.2 Å². The first-order valence-electron chi connectivity index (χ1n) is 13.3. The molecule has 3 aromatic carbocycles. The highest BCUT2D eigenvalue weighted by molar-refractivity contribution is 5.93. The minimum absolute atomic E-state index is 0.0209.